The molecule has 1 saturated carbocycles. The van der Waals surface area contributed by atoms with Gasteiger partial charge in [0.2, 0.25) is 0 Å². The van der Waals surface area contributed by atoms with Gasteiger partial charge in [-0.2, -0.15) is 0 Å². The molecule has 2 N–H and O–H groups in total. The zero-order valence-corrected chi connectivity index (χ0v) is 13.0. The maximum Gasteiger partial charge on any atom is 0.325 e. The molecule has 0 aliphatic heterocycles. The highest BCUT2D eigenvalue weighted by Crippen LogP contribution is 2.42. The fourth-order valence-electron chi connectivity index (χ4n) is 2.78. The molecule has 0 spiro atoms. The third kappa shape index (κ3) is 4.29. The molecule has 0 heterocycles. The predicted molar refractivity (Wildman–Crippen MR) is 84.6 cm³/mol. The molecule has 1 aliphatic rings. The van der Waals surface area contributed by atoms with Crippen molar-refractivity contribution in [3.8, 4) is 0 Å². The molecule has 2 rings (SSSR count). The highest BCUT2D eigenvalue weighted by atomic mass is 16.4. The number of carboxylic acids is 1. The first-order valence-electron chi connectivity index (χ1n) is 7.94. The van der Waals surface area contributed by atoms with E-state index >= 15 is 0 Å². The Bertz CT molecular complexity index is 468. The molecule has 4 heteroatoms. The highest BCUT2D eigenvalue weighted by molar-refractivity contribution is 5.76. The summed E-state index contributed by atoms with van der Waals surface area (Å²) in [4.78, 5) is 13.9. The van der Waals surface area contributed by atoms with Crippen molar-refractivity contribution in [3.63, 3.8) is 0 Å². The summed E-state index contributed by atoms with van der Waals surface area (Å²) in [5, 5.41) is 12.8. The molecule has 0 bridgehead atoms. The molecule has 1 aliphatic carbocycles. The van der Waals surface area contributed by atoms with E-state index in [9.17, 15) is 9.90 Å². The lowest BCUT2D eigenvalue weighted by Crippen LogP contribution is -2.36. The Morgan fingerprint density at radius 1 is 1.33 bits per heavy atom. The molecule has 0 amide bonds. The fourth-order valence-corrected chi connectivity index (χ4v) is 2.78. The standard InChI is InChI=1S/C17H26N2O2/c1-3-19(4-2)12-11-18-16(17(20)21)15-8-6-5-7-14(15)13-9-10-13/h5-8,13,16,18H,3-4,9-12H2,1-2H3,(H,20,21). The molecule has 1 aromatic carbocycles. The van der Waals surface area contributed by atoms with Crippen molar-refractivity contribution in [1.29, 1.82) is 0 Å². The Balaban J connectivity index is 2.04. The number of rotatable bonds is 9. The number of carboxylic acid groups (broad SMARTS) is 1. The van der Waals surface area contributed by atoms with Gasteiger partial charge < -0.3 is 10.0 Å². The van der Waals surface area contributed by atoms with Crippen molar-refractivity contribution in [2.75, 3.05) is 26.2 Å². The van der Waals surface area contributed by atoms with E-state index in [0.29, 0.717) is 12.5 Å². The summed E-state index contributed by atoms with van der Waals surface area (Å²) in [6.07, 6.45) is 2.37. The van der Waals surface area contributed by atoms with Gasteiger partial charge in [0.05, 0.1) is 0 Å². The van der Waals surface area contributed by atoms with E-state index in [4.69, 9.17) is 0 Å². The second-order valence-electron chi connectivity index (χ2n) is 5.66. The van der Waals surface area contributed by atoms with Crippen molar-refractivity contribution in [1.82, 2.24) is 10.2 Å². The van der Waals surface area contributed by atoms with Crippen LogP contribution >= 0.6 is 0 Å². The predicted octanol–water partition coefficient (Wildman–Crippen LogP) is 2.62. The van der Waals surface area contributed by atoms with Crippen LogP contribution in [0.1, 0.15) is 49.8 Å². The number of hydrogen-bond donors (Lipinski definition) is 2. The zero-order valence-electron chi connectivity index (χ0n) is 13.0. The average Bonchev–Trinajstić information content (AvgIpc) is 3.32. The molecule has 116 valence electrons. The van der Waals surface area contributed by atoms with E-state index in [1.54, 1.807) is 0 Å². The Morgan fingerprint density at radius 2 is 2.00 bits per heavy atom. The Kier molecular flexibility index (Phi) is 5.76. The van der Waals surface area contributed by atoms with Crippen molar-refractivity contribution < 1.29 is 9.90 Å². The van der Waals surface area contributed by atoms with Gasteiger partial charge >= 0.3 is 5.97 Å². The van der Waals surface area contributed by atoms with Gasteiger partial charge in [-0.15, -0.1) is 0 Å². The van der Waals surface area contributed by atoms with Gasteiger partial charge in [0.15, 0.2) is 0 Å². The van der Waals surface area contributed by atoms with Gasteiger partial charge in [-0.25, -0.2) is 0 Å². The van der Waals surface area contributed by atoms with Crippen molar-refractivity contribution in [3.05, 3.63) is 35.4 Å². The van der Waals surface area contributed by atoms with Gasteiger partial charge in [-0.1, -0.05) is 38.1 Å². The van der Waals surface area contributed by atoms with Crippen LogP contribution in [0.2, 0.25) is 0 Å². The van der Waals surface area contributed by atoms with Gasteiger partial charge in [0.25, 0.3) is 0 Å². The second-order valence-corrected chi connectivity index (χ2v) is 5.66. The Morgan fingerprint density at radius 3 is 2.57 bits per heavy atom. The van der Waals surface area contributed by atoms with Crippen LogP contribution in [0.4, 0.5) is 0 Å². The summed E-state index contributed by atoms with van der Waals surface area (Å²) in [5.41, 5.74) is 2.15. The molecule has 0 radical (unpaired) electrons. The first-order valence-corrected chi connectivity index (χ1v) is 7.94. The molecule has 1 aromatic rings. The summed E-state index contributed by atoms with van der Waals surface area (Å²) in [5.74, 6) is -0.227. The minimum absolute atomic E-state index is 0.563. The van der Waals surface area contributed by atoms with Crippen LogP contribution in [0, 0.1) is 0 Å². The third-order valence-electron chi connectivity index (χ3n) is 4.24. The van der Waals surface area contributed by atoms with Gasteiger partial charge in [0.1, 0.15) is 6.04 Å². The van der Waals surface area contributed by atoms with Crippen LogP contribution in [-0.2, 0) is 4.79 Å². The number of carbonyl (C=O) groups is 1. The number of likely N-dealkylation sites (N-methyl/N-ethyl adjacent to an activating group) is 1. The Hall–Kier alpha value is -1.39. The van der Waals surface area contributed by atoms with Crippen LogP contribution in [0.25, 0.3) is 0 Å². The Labute approximate surface area is 127 Å². The smallest absolute Gasteiger partial charge is 0.325 e. The lowest BCUT2D eigenvalue weighted by Gasteiger charge is -2.22. The largest absolute Gasteiger partial charge is 0.480 e. The summed E-state index contributed by atoms with van der Waals surface area (Å²) in [6.45, 7) is 7.81. The number of nitrogens with zero attached hydrogens (tertiary/aromatic N) is 1. The molecule has 0 saturated heterocycles. The quantitative estimate of drug-likeness (QED) is 0.734. The maximum absolute atomic E-state index is 11.6. The van der Waals surface area contributed by atoms with E-state index in [0.717, 1.165) is 25.2 Å². The molecule has 1 atom stereocenters. The molecule has 4 nitrogen and oxygen atoms in total. The third-order valence-corrected chi connectivity index (χ3v) is 4.24. The fraction of sp³-hybridized carbons (Fsp3) is 0.588. The summed E-state index contributed by atoms with van der Waals surface area (Å²) in [7, 11) is 0. The van der Waals surface area contributed by atoms with Crippen LogP contribution in [0.15, 0.2) is 24.3 Å². The van der Waals surface area contributed by atoms with Crippen molar-refractivity contribution >= 4 is 5.97 Å². The molecule has 1 unspecified atom stereocenters. The van der Waals surface area contributed by atoms with E-state index in [-0.39, 0.29) is 0 Å². The highest BCUT2D eigenvalue weighted by Gasteiger charge is 2.30. The first kappa shape index (κ1) is 16.0. The van der Waals surface area contributed by atoms with Gasteiger partial charge in [0, 0.05) is 13.1 Å². The monoisotopic (exact) mass is 290 g/mol. The van der Waals surface area contributed by atoms with Crippen LogP contribution in [-0.4, -0.2) is 42.2 Å². The van der Waals surface area contributed by atoms with E-state index in [1.807, 2.05) is 18.2 Å². The molecular formula is C17H26N2O2. The molecule has 21 heavy (non-hydrogen) atoms. The van der Waals surface area contributed by atoms with Crippen LogP contribution in [0.5, 0.6) is 0 Å². The summed E-state index contributed by atoms with van der Waals surface area (Å²) in [6, 6.07) is 7.37. The minimum atomic E-state index is -0.789. The SMILES string of the molecule is CCN(CC)CCNC(C(=O)O)c1ccccc1C1CC1. The molecule has 0 aromatic heterocycles. The van der Waals surface area contributed by atoms with Crippen LogP contribution < -0.4 is 5.32 Å². The van der Waals surface area contributed by atoms with Gasteiger partial charge in [-0.05, 0) is 43.0 Å². The lowest BCUT2D eigenvalue weighted by molar-refractivity contribution is -0.139. The normalized spacial score (nSPS) is 16.1. The van der Waals surface area contributed by atoms with E-state index in [2.05, 4.69) is 30.1 Å². The topological polar surface area (TPSA) is 52.6 Å². The van der Waals surface area contributed by atoms with Gasteiger partial charge in [-0.3, -0.25) is 10.1 Å². The maximum atomic E-state index is 11.6. The number of nitrogens with one attached hydrogen (secondary N) is 1. The average molecular weight is 290 g/mol. The van der Waals surface area contributed by atoms with Crippen LogP contribution in [0.3, 0.4) is 0 Å². The van der Waals surface area contributed by atoms with Crippen molar-refractivity contribution in [2.24, 2.45) is 0 Å². The summed E-state index contributed by atoms with van der Waals surface area (Å²) < 4.78 is 0. The first-order chi connectivity index (χ1) is 10.2. The minimum Gasteiger partial charge on any atom is -0.480 e. The number of hydrogen-bond acceptors (Lipinski definition) is 3. The lowest BCUT2D eigenvalue weighted by atomic mass is 9.97. The zero-order chi connectivity index (χ0) is 15.2. The van der Waals surface area contributed by atoms with Crippen molar-refractivity contribution in [2.45, 2.75) is 38.6 Å². The second kappa shape index (κ2) is 7.57. The molecular weight excluding hydrogens is 264 g/mol. The number of aliphatic carboxylic acids is 1. The number of benzene rings is 1. The van der Waals surface area contributed by atoms with E-state index in [1.165, 1.54) is 18.4 Å². The van der Waals surface area contributed by atoms with E-state index < -0.39 is 12.0 Å². The molecule has 1 fully saturated rings. The summed E-state index contributed by atoms with van der Waals surface area (Å²) >= 11 is 0.